The third-order valence-electron chi connectivity index (χ3n) is 4.41. The van der Waals surface area contributed by atoms with E-state index in [2.05, 4.69) is 4.99 Å². The Kier molecular flexibility index (Phi) is 4.93. The second-order valence-electron chi connectivity index (χ2n) is 6.15. The number of hydrogen-bond acceptors (Lipinski definition) is 6. The maximum Gasteiger partial charge on any atom is 0.357 e. The Labute approximate surface area is 170 Å². The number of fused-ring (bicyclic) bond motifs is 1. The first-order chi connectivity index (χ1) is 13.6. The zero-order valence-corrected chi connectivity index (χ0v) is 16.6. The number of carbonyl (C=O) groups excluding carboxylic acids is 1. The Bertz CT molecular complexity index is 1170. The zero-order chi connectivity index (χ0) is 19.7. The van der Waals surface area contributed by atoms with Crippen molar-refractivity contribution in [1.82, 2.24) is 4.57 Å². The van der Waals surface area contributed by atoms with Crippen LogP contribution in [0.1, 0.15) is 16.0 Å². The molecule has 0 saturated carbocycles. The summed E-state index contributed by atoms with van der Waals surface area (Å²) in [7, 11) is 1.32. The van der Waals surface area contributed by atoms with Crippen LogP contribution in [0.25, 0.3) is 11.6 Å². The van der Waals surface area contributed by atoms with Gasteiger partial charge in [0.15, 0.2) is 9.67 Å². The van der Waals surface area contributed by atoms with Crippen LogP contribution in [0.15, 0.2) is 59.6 Å². The first-order valence-corrected chi connectivity index (χ1v) is 9.76. The minimum atomic E-state index is -0.519. The molecule has 1 aliphatic rings. The van der Waals surface area contributed by atoms with Gasteiger partial charge in [-0.2, -0.15) is 0 Å². The van der Waals surface area contributed by atoms with Gasteiger partial charge in [0.2, 0.25) is 5.88 Å². The lowest BCUT2D eigenvalue weighted by atomic mass is 10.0. The lowest BCUT2D eigenvalue weighted by molar-refractivity contribution is -0.132. The molecule has 0 unspecified atom stereocenters. The average molecular weight is 409 g/mol. The smallest absolute Gasteiger partial charge is 0.357 e. The molecular formula is C21H16N2O3S2. The van der Waals surface area contributed by atoms with Crippen LogP contribution >= 0.6 is 23.6 Å². The topological polar surface area (TPSA) is 63.8 Å². The Morgan fingerprint density at radius 2 is 1.93 bits per heavy atom. The van der Waals surface area contributed by atoms with Gasteiger partial charge < -0.3 is 9.84 Å². The monoisotopic (exact) mass is 408 g/mol. The van der Waals surface area contributed by atoms with Crippen molar-refractivity contribution in [3.05, 3.63) is 74.6 Å². The Morgan fingerprint density at radius 3 is 2.68 bits per heavy atom. The van der Waals surface area contributed by atoms with E-state index in [4.69, 9.17) is 17.0 Å². The molecule has 28 heavy (non-hydrogen) atoms. The summed E-state index contributed by atoms with van der Waals surface area (Å²) in [5, 5.41) is 10.8. The maximum absolute atomic E-state index is 12.2. The van der Waals surface area contributed by atoms with E-state index in [1.54, 1.807) is 10.6 Å². The van der Waals surface area contributed by atoms with E-state index < -0.39 is 5.97 Å². The molecule has 0 bridgehead atoms. The molecule has 1 N–H and O–H groups in total. The summed E-state index contributed by atoms with van der Waals surface area (Å²) in [4.78, 5) is 17.2. The van der Waals surface area contributed by atoms with E-state index in [-0.39, 0.29) is 11.6 Å². The fraction of sp³-hybridized carbons (Fsp3) is 0.0952. The van der Waals surface area contributed by atoms with E-state index in [1.165, 1.54) is 18.4 Å². The molecule has 2 aromatic carbocycles. The number of aromatic nitrogens is 1. The third kappa shape index (κ3) is 3.30. The molecular weight excluding hydrogens is 392 g/mol. The highest BCUT2D eigenvalue weighted by Crippen LogP contribution is 2.38. The fourth-order valence-corrected chi connectivity index (χ4v) is 4.30. The number of para-hydroxylation sites is 1. The van der Waals surface area contributed by atoms with E-state index in [0.717, 1.165) is 11.1 Å². The summed E-state index contributed by atoms with van der Waals surface area (Å²) >= 11 is 6.74. The fourth-order valence-electron chi connectivity index (χ4n) is 3.05. The molecule has 4 rings (SSSR count). The summed E-state index contributed by atoms with van der Waals surface area (Å²) in [6.45, 7) is 0.472. The summed E-state index contributed by atoms with van der Waals surface area (Å²) < 4.78 is 7.11. The number of thiazole rings is 1. The maximum atomic E-state index is 12.2. The lowest BCUT2D eigenvalue weighted by Gasteiger charge is -2.06. The average Bonchev–Trinajstić information content (AvgIpc) is 3.21. The van der Waals surface area contributed by atoms with Crippen molar-refractivity contribution in [3.63, 3.8) is 0 Å². The number of methoxy groups -OCH3 is 1. The van der Waals surface area contributed by atoms with Gasteiger partial charge in [-0.3, -0.25) is 4.57 Å². The van der Waals surface area contributed by atoms with Crippen molar-refractivity contribution in [2.24, 2.45) is 4.99 Å². The van der Waals surface area contributed by atoms with Crippen LogP contribution in [-0.4, -0.2) is 28.5 Å². The predicted molar refractivity (Wildman–Crippen MR) is 114 cm³/mol. The highest BCUT2D eigenvalue weighted by molar-refractivity contribution is 7.73. The second kappa shape index (κ2) is 7.53. The van der Waals surface area contributed by atoms with Crippen molar-refractivity contribution in [2.75, 3.05) is 7.11 Å². The number of esters is 1. The van der Waals surface area contributed by atoms with Crippen molar-refractivity contribution in [3.8, 4) is 5.88 Å². The lowest BCUT2D eigenvalue weighted by Crippen LogP contribution is -2.14. The van der Waals surface area contributed by atoms with E-state index in [9.17, 15) is 9.90 Å². The van der Waals surface area contributed by atoms with Crippen molar-refractivity contribution in [1.29, 1.82) is 0 Å². The molecule has 0 amide bonds. The minimum Gasteiger partial charge on any atom is -0.493 e. The number of hydrogen-bond donors (Lipinski definition) is 1. The van der Waals surface area contributed by atoms with Crippen molar-refractivity contribution in [2.45, 2.75) is 6.54 Å². The van der Waals surface area contributed by atoms with Crippen LogP contribution in [0.2, 0.25) is 0 Å². The number of benzene rings is 2. The first-order valence-electron chi connectivity index (χ1n) is 8.53. The number of rotatable bonds is 4. The van der Waals surface area contributed by atoms with Gasteiger partial charge in [0.25, 0.3) is 0 Å². The normalized spacial score (nSPS) is 14.0. The molecule has 1 aliphatic heterocycles. The highest BCUT2D eigenvalue weighted by atomic mass is 32.1. The number of nitrogens with zero attached hydrogens (tertiary/aromatic N) is 2. The molecule has 1 aromatic heterocycles. The van der Waals surface area contributed by atoms with Gasteiger partial charge in [0, 0.05) is 11.1 Å². The van der Waals surface area contributed by atoms with Crippen LogP contribution < -0.4 is 0 Å². The summed E-state index contributed by atoms with van der Waals surface area (Å²) in [5.41, 5.74) is 3.38. The molecule has 0 radical (unpaired) electrons. The number of ether oxygens (including phenoxy) is 1. The van der Waals surface area contributed by atoms with Gasteiger partial charge in [-0.25, -0.2) is 9.79 Å². The quantitative estimate of drug-likeness (QED) is 0.496. The molecule has 5 nitrogen and oxygen atoms in total. The zero-order valence-electron chi connectivity index (χ0n) is 15.0. The van der Waals surface area contributed by atoms with Crippen LogP contribution in [0.5, 0.6) is 5.88 Å². The highest BCUT2D eigenvalue weighted by Gasteiger charge is 2.27. The Balaban J connectivity index is 1.78. The summed E-state index contributed by atoms with van der Waals surface area (Å²) in [6, 6.07) is 17.2. The third-order valence-corrected chi connectivity index (χ3v) is 5.80. The molecule has 0 fully saturated rings. The van der Waals surface area contributed by atoms with E-state index in [1.807, 2.05) is 54.6 Å². The molecule has 2 heterocycles. The number of aliphatic imine (C=N–C) groups is 1. The van der Waals surface area contributed by atoms with Crippen LogP contribution in [-0.2, 0) is 16.1 Å². The molecule has 0 atom stereocenters. The predicted octanol–water partition coefficient (Wildman–Crippen LogP) is 4.83. The minimum absolute atomic E-state index is 0.0694. The van der Waals surface area contributed by atoms with E-state index >= 15 is 0 Å². The van der Waals surface area contributed by atoms with Crippen LogP contribution in [0.3, 0.4) is 0 Å². The van der Waals surface area contributed by atoms with Gasteiger partial charge in [0.1, 0.15) is 0 Å². The largest absolute Gasteiger partial charge is 0.493 e. The second-order valence-corrected chi connectivity index (χ2v) is 7.83. The molecule has 0 saturated heterocycles. The molecule has 140 valence electrons. The van der Waals surface area contributed by atoms with E-state index in [0.29, 0.717) is 26.6 Å². The van der Waals surface area contributed by atoms with Crippen LogP contribution in [0.4, 0.5) is 5.69 Å². The van der Waals surface area contributed by atoms with Crippen LogP contribution in [0, 0.1) is 3.95 Å². The van der Waals surface area contributed by atoms with Gasteiger partial charge in [-0.05, 0) is 29.9 Å². The first kappa shape index (κ1) is 18.3. The number of aromatic hydroxyl groups is 1. The molecule has 0 aliphatic carbocycles. The van der Waals surface area contributed by atoms with Gasteiger partial charge in [-0.15, -0.1) is 11.3 Å². The molecule has 0 spiro atoms. The van der Waals surface area contributed by atoms with Gasteiger partial charge >= 0.3 is 5.97 Å². The molecule has 7 heteroatoms. The van der Waals surface area contributed by atoms with Crippen molar-refractivity contribution < 1.29 is 14.6 Å². The van der Waals surface area contributed by atoms with Gasteiger partial charge in [-0.1, -0.05) is 48.5 Å². The van der Waals surface area contributed by atoms with Gasteiger partial charge in [0.05, 0.1) is 24.2 Å². The number of carbonyl (C=O) groups is 1. The summed E-state index contributed by atoms with van der Waals surface area (Å²) in [5.74, 6) is -0.450. The van der Waals surface area contributed by atoms with Crippen molar-refractivity contribution >= 4 is 52.6 Å². The SMILES string of the molecule is COC(=O)C1=Nc2ccccc2/C1=C\c1sc(=S)n(Cc2ccccc2)c1O. The summed E-state index contributed by atoms with van der Waals surface area (Å²) in [6.07, 6.45) is 1.75. The Hall–Kier alpha value is -3.03. The standard InChI is InChI=1S/C21H16N2O3S2/c1-26-20(25)18-15(14-9-5-6-10-16(14)22-18)11-17-19(24)23(21(27)28-17)12-13-7-3-2-4-8-13/h2-11,24H,12H2,1H3/b15-11+. The molecule has 3 aromatic rings. The Morgan fingerprint density at radius 1 is 1.21 bits per heavy atom.